The van der Waals surface area contributed by atoms with Crippen molar-refractivity contribution in [2.45, 2.75) is 37.9 Å². The molecule has 2 atom stereocenters. The van der Waals surface area contributed by atoms with E-state index in [1.165, 1.54) is 24.5 Å². The van der Waals surface area contributed by atoms with Crippen LogP contribution in [0.2, 0.25) is 0 Å². The summed E-state index contributed by atoms with van der Waals surface area (Å²) in [6, 6.07) is 3.07. The molecule has 0 spiro atoms. The first-order chi connectivity index (χ1) is 14.6. The number of aliphatic hydroxyl groups is 2. The van der Waals surface area contributed by atoms with E-state index >= 15 is 0 Å². The van der Waals surface area contributed by atoms with Gasteiger partial charge in [-0.3, -0.25) is 9.97 Å². The Morgan fingerprint density at radius 2 is 1.10 bits per heavy atom. The minimum absolute atomic E-state index is 0.0932. The van der Waals surface area contributed by atoms with Crippen LogP contribution in [0.1, 0.15) is 49.0 Å². The maximum atomic E-state index is 13.3. The van der Waals surface area contributed by atoms with Crippen molar-refractivity contribution >= 4 is 0 Å². The lowest BCUT2D eigenvalue weighted by Gasteiger charge is -2.26. The molecule has 0 aliphatic carbocycles. The fourth-order valence-corrected chi connectivity index (χ4v) is 3.82. The quantitative estimate of drug-likeness (QED) is 0.786. The van der Waals surface area contributed by atoms with Gasteiger partial charge in [-0.1, -0.05) is 0 Å². The van der Waals surface area contributed by atoms with Crippen molar-refractivity contribution in [3.63, 3.8) is 0 Å². The lowest BCUT2D eigenvalue weighted by atomic mass is 9.90. The number of aromatic nitrogens is 2. The number of ether oxygens (including phenoxy) is 2. The summed E-state index contributed by atoms with van der Waals surface area (Å²) in [6.07, 6.45) is 6.92. The van der Waals surface area contributed by atoms with Gasteiger partial charge in [0, 0.05) is 49.9 Å². The third-order valence-electron chi connectivity index (χ3n) is 5.67. The van der Waals surface area contributed by atoms with E-state index in [2.05, 4.69) is 9.97 Å². The number of aliphatic hydroxyl groups excluding tert-OH is 2. The van der Waals surface area contributed by atoms with Gasteiger partial charge in [-0.15, -0.1) is 0 Å². The van der Waals surface area contributed by atoms with Crippen LogP contribution in [0.25, 0.3) is 0 Å². The number of nitrogens with zero attached hydrogens (tertiary/aromatic N) is 2. The lowest BCUT2D eigenvalue weighted by Crippen LogP contribution is -2.22. The molecule has 164 valence electrons. The highest BCUT2D eigenvalue weighted by atomic mass is 19.1. The van der Waals surface area contributed by atoms with E-state index in [1.807, 2.05) is 0 Å². The Kier molecular flexibility index (Phi) is 8.62. The van der Waals surface area contributed by atoms with Gasteiger partial charge in [-0.25, -0.2) is 8.78 Å². The van der Waals surface area contributed by atoms with Gasteiger partial charge in [-0.2, -0.15) is 0 Å². The minimum atomic E-state index is -0.739. The molecule has 2 aliphatic heterocycles. The minimum Gasteiger partial charge on any atom is -0.388 e. The monoisotopic (exact) mass is 422 g/mol. The molecule has 0 bridgehead atoms. The first kappa shape index (κ1) is 22.7. The summed E-state index contributed by atoms with van der Waals surface area (Å²) in [7, 11) is 0. The molecule has 2 aromatic rings. The Hall–Kier alpha value is -2.00. The third-order valence-corrected chi connectivity index (χ3v) is 5.67. The Morgan fingerprint density at radius 1 is 0.733 bits per heavy atom. The second-order valence-electron chi connectivity index (χ2n) is 7.58. The molecule has 2 saturated heterocycles. The van der Waals surface area contributed by atoms with Gasteiger partial charge in [0.2, 0.25) is 0 Å². The smallest absolute Gasteiger partial charge is 0.147 e. The SMILES string of the molecule is OC(c1ccncc1F)C1CCOCC1.OC(c1ccncc1F)C1CCOCC1. The predicted octanol–water partition coefficient (Wildman–Crippen LogP) is 3.36. The van der Waals surface area contributed by atoms with Crippen LogP contribution in [0.4, 0.5) is 8.78 Å². The van der Waals surface area contributed by atoms with Gasteiger partial charge < -0.3 is 19.7 Å². The van der Waals surface area contributed by atoms with Crippen molar-refractivity contribution in [2.24, 2.45) is 11.8 Å². The maximum absolute atomic E-state index is 13.3. The molecule has 0 radical (unpaired) electrons. The summed E-state index contributed by atoms with van der Waals surface area (Å²) in [6.45, 7) is 2.59. The second-order valence-corrected chi connectivity index (χ2v) is 7.58. The molecule has 4 rings (SSSR count). The zero-order valence-electron chi connectivity index (χ0n) is 16.8. The van der Waals surface area contributed by atoms with Crippen LogP contribution in [0.3, 0.4) is 0 Å². The van der Waals surface area contributed by atoms with E-state index in [0.29, 0.717) is 37.6 Å². The van der Waals surface area contributed by atoms with Crippen molar-refractivity contribution in [1.82, 2.24) is 9.97 Å². The van der Waals surface area contributed by atoms with Gasteiger partial charge in [0.15, 0.2) is 0 Å². The fourth-order valence-electron chi connectivity index (χ4n) is 3.82. The van der Waals surface area contributed by atoms with Crippen molar-refractivity contribution in [3.05, 3.63) is 59.7 Å². The highest BCUT2D eigenvalue weighted by Crippen LogP contribution is 2.31. The fraction of sp³-hybridized carbons (Fsp3) is 0.545. The van der Waals surface area contributed by atoms with E-state index in [9.17, 15) is 19.0 Å². The third kappa shape index (κ3) is 6.01. The molecule has 0 aromatic carbocycles. The molecule has 2 unspecified atom stereocenters. The molecule has 2 aliphatic rings. The standard InChI is InChI=1S/2C11H14FNO2/c2*12-10-7-13-4-1-9(10)11(14)8-2-5-15-6-3-8/h2*1,4,7-8,11,14H,2-3,5-6H2. The number of halogens is 2. The molecular weight excluding hydrogens is 394 g/mol. The van der Waals surface area contributed by atoms with E-state index < -0.39 is 23.8 Å². The Labute approximate surface area is 174 Å². The number of rotatable bonds is 4. The first-order valence-electron chi connectivity index (χ1n) is 10.3. The summed E-state index contributed by atoms with van der Waals surface area (Å²) in [5, 5.41) is 20.0. The molecule has 0 amide bonds. The first-order valence-corrected chi connectivity index (χ1v) is 10.3. The zero-order chi connectivity index (χ0) is 21.3. The summed E-state index contributed by atoms with van der Waals surface area (Å²) in [5.41, 5.74) is 0.689. The van der Waals surface area contributed by atoms with Crippen LogP contribution in [-0.2, 0) is 9.47 Å². The Morgan fingerprint density at radius 3 is 1.43 bits per heavy atom. The van der Waals surface area contributed by atoms with E-state index in [4.69, 9.17) is 9.47 Å². The summed E-state index contributed by atoms with van der Waals surface area (Å²) >= 11 is 0. The Bertz CT molecular complexity index is 718. The average Bonchev–Trinajstić information content (AvgIpc) is 2.80. The Balaban J connectivity index is 0.000000171. The normalized spacial score (nSPS) is 20.1. The molecule has 30 heavy (non-hydrogen) atoms. The summed E-state index contributed by atoms with van der Waals surface area (Å²) in [5.74, 6) is -0.681. The predicted molar refractivity (Wildman–Crippen MR) is 105 cm³/mol. The molecule has 6 nitrogen and oxygen atoms in total. The van der Waals surface area contributed by atoms with Gasteiger partial charge >= 0.3 is 0 Å². The molecule has 2 aromatic heterocycles. The molecule has 2 N–H and O–H groups in total. The van der Waals surface area contributed by atoms with Crippen LogP contribution in [0.15, 0.2) is 36.9 Å². The highest BCUT2D eigenvalue weighted by molar-refractivity contribution is 5.17. The largest absolute Gasteiger partial charge is 0.388 e. The summed E-state index contributed by atoms with van der Waals surface area (Å²) < 4.78 is 37.1. The zero-order valence-corrected chi connectivity index (χ0v) is 16.8. The van der Waals surface area contributed by atoms with E-state index in [-0.39, 0.29) is 11.8 Å². The van der Waals surface area contributed by atoms with Crippen molar-refractivity contribution < 1.29 is 28.5 Å². The molecule has 0 saturated carbocycles. The number of hydrogen-bond acceptors (Lipinski definition) is 6. The second kappa shape index (κ2) is 11.4. The average molecular weight is 422 g/mol. The van der Waals surface area contributed by atoms with Crippen molar-refractivity contribution in [3.8, 4) is 0 Å². The van der Waals surface area contributed by atoms with E-state index in [0.717, 1.165) is 38.1 Å². The maximum Gasteiger partial charge on any atom is 0.147 e. The van der Waals surface area contributed by atoms with Gasteiger partial charge in [-0.05, 0) is 49.7 Å². The van der Waals surface area contributed by atoms with Crippen LogP contribution >= 0.6 is 0 Å². The van der Waals surface area contributed by atoms with Gasteiger partial charge in [0.25, 0.3) is 0 Å². The molecule has 8 heteroatoms. The summed E-state index contributed by atoms with van der Waals surface area (Å²) in [4.78, 5) is 7.32. The van der Waals surface area contributed by atoms with Crippen LogP contribution in [-0.4, -0.2) is 46.6 Å². The van der Waals surface area contributed by atoms with Crippen LogP contribution < -0.4 is 0 Å². The van der Waals surface area contributed by atoms with Crippen molar-refractivity contribution in [1.29, 1.82) is 0 Å². The van der Waals surface area contributed by atoms with Crippen LogP contribution in [0, 0.1) is 23.5 Å². The molecule has 2 fully saturated rings. The van der Waals surface area contributed by atoms with Gasteiger partial charge in [0.1, 0.15) is 11.6 Å². The van der Waals surface area contributed by atoms with E-state index in [1.54, 1.807) is 0 Å². The van der Waals surface area contributed by atoms with Crippen molar-refractivity contribution in [2.75, 3.05) is 26.4 Å². The van der Waals surface area contributed by atoms with Crippen LogP contribution in [0.5, 0.6) is 0 Å². The number of hydrogen-bond donors (Lipinski definition) is 2. The number of pyridine rings is 2. The lowest BCUT2D eigenvalue weighted by molar-refractivity contribution is 0.00585. The van der Waals surface area contributed by atoms with Gasteiger partial charge in [0.05, 0.1) is 24.6 Å². The molecular formula is C22H28F2N2O4. The topological polar surface area (TPSA) is 84.7 Å². The molecule has 4 heterocycles. The highest BCUT2D eigenvalue weighted by Gasteiger charge is 2.26.